The van der Waals surface area contributed by atoms with Crippen molar-refractivity contribution in [2.75, 3.05) is 19.8 Å². The molecule has 0 saturated heterocycles. The maximum absolute atomic E-state index is 14.8. The van der Waals surface area contributed by atoms with Crippen molar-refractivity contribution >= 4 is 5.97 Å². The summed E-state index contributed by atoms with van der Waals surface area (Å²) in [4.78, 5) is 10.7. The molecule has 2 unspecified atom stereocenters. The Hall–Kier alpha value is -1.63. The van der Waals surface area contributed by atoms with Gasteiger partial charge in [-0.1, -0.05) is 0 Å². The number of rotatable bonds is 5. The Morgan fingerprint density at radius 1 is 0.606 bits per heavy atom. The molecule has 4 aliphatic rings. The summed E-state index contributed by atoms with van der Waals surface area (Å²) in [6, 6.07) is 0. The number of aliphatic hydroxyl groups excluding tert-OH is 1. The van der Waals surface area contributed by atoms with Gasteiger partial charge in [0.15, 0.2) is 0 Å². The van der Waals surface area contributed by atoms with Gasteiger partial charge in [0.1, 0.15) is 13.2 Å². The number of hydrogen-bond donors (Lipinski definition) is 2. The monoisotopic (exact) mass is 522 g/mol. The number of ether oxygens (including phenoxy) is 2. The first-order valence-corrected chi connectivity index (χ1v) is 8.23. The van der Waals surface area contributed by atoms with E-state index < -0.39 is 83.9 Å². The minimum absolute atomic E-state index is 1.50. The Morgan fingerprint density at radius 2 is 1.00 bits per heavy atom. The fourth-order valence-electron chi connectivity index (χ4n) is 4.51. The Morgan fingerprint density at radius 3 is 1.36 bits per heavy atom. The zero-order valence-corrected chi connectivity index (χ0v) is 15.0. The second-order valence-electron chi connectivity index (χ2n) is 7.38. The molecule has 5 nitrogen and oxygen atoms in total. The van der Waals surface area contributed by atoms with Gasteiger partial charge in [0, 0.05) is 0 Å². The molecule has 0 aromatic rings. The van der Waals surface area contributed by atoms with Crippen LogP contribution in [0.3, 0.4) is 0 Å². The molecule has 4 rings (SSSR count). The van der Waals surface area contributed by atoms with Crippen LogP contribution in [-0.2, 0) is 14.3 Å². The number of aliphatic hydroxyl groups is 2. The highest BCUT2D eigenvalue weighted by atomic mass is 19.3. The van der Waals surface area contributed by atoms with Gasteiger partial charge >= 0.3 is 52.8 Å². The lowest BCUT2D eigenvalue weighted by Gasteiger charge is -2.75. The zero-order valence-electron chi connectivity index (χ0n) is 15.0. The summed E-state index contributed by atoms with van der Waals surface area (Å²) in [6.07, 6.45) is 0. The van der Waals surface area contributed by atoms with Crippen molar-refractivity contribution in [3.05, 3.63) is 0 Å². The highest BCUT2D eigenvalue weighted by Crippen LogP contribution is 2.87. The molecule has 4 aliphatic carbocycles. The van der Waals surface area contributed by atoms with Crippen molar-refractivity contribution in [3.63, 3.8) is 0 Å². The number of carbonyl (C=O) groups excluding carboxylic acids is 1. The molecule has 192 valence electrons. The van der Waals surface area contributed by atoms with E-state index in [0.717, 1.165) is 0 Å². The summed E-state index contributed by atoms with van der Waals surface area (Å²) < 4.78 is 211. The number of hydrogen-bond acceptors (Lipinski definition) is 5. The molecule has 0 radical (unpaired) electrons. The van der Waals surface area contributed by atoms with Crippen LogP contribution in [0, 0.1) is 0 Å². The molecule has 0 heterocycles. The highest BCUT2D eigenvalue weighted by Gasteiger charge is 3.22. The maximum atomic E-state index is 14.8. The number of alkyl halides is 14. The standard InChI is InChI=1S/C14H8F14O5/c15-5-9(17,18)6(16)11(21,22)7(31,10(5,19)20)14(27,28)8(12(5,23)24,13(6,25)26)33-2-1-32-4(30)3-29/h29,31H,1-3H2. The number of esters is 1. The van der Waals surface area contributed by atoms with Crippen molar-refractivity contribution in [1.29, 1.82) is 0 Å². The summed E-state index contributed by atoms with van der Waals surface area (Å²) in [7, 11) is 0. The minimum atomic E-state index is -7.81. The van der Waals surface area contributed by atoms with Crippen LogP contribution in [0.5, 0.6) is 0 Å². The summed E-state index contributed by atoms with van der Waals surface area (Å²) >= 11 is 0. The average Bonchev–Trinajstić information content (AvgIpc) is 2.67. The second-order valence-corrected chi connectivity index (χ2v) is 7.38. The van der Waals surface area contributed by atoms with Gasteiger partial charge in [-0.25, -0.2) is 13.6 Å². The van der Waals surface area contributed by atoms with E-state index in [2.05, 4.69) is 9.47 Å². The van der Waals surface area contributed by atoms with E-state index in [0.29, 0.717) is 0 Å². The van der Waals surface area contributed by atoms with Crippen LogP contribution in [-0.4, -0.2) is 94.1 Å². The van der Waals surface area contributed by atoms with Crippen LogP contribution in [0.4, 0.5) is 61.5 Å². The Balaban J connectivity index is 2.41. The first-order chi connectivity index (χ1) is 14.5. The highest BCUT2D eigenvalue weighted by molar-refractivity contribution is 5.70. The Kier molecular flexibility index (Phi) is 4.68. The lowest BCUT2D eigenvalue weighted by molar-refractivity contribution is -0.627. The third kappa shape index (κ3) is 1.81. The van der Waals surface area contributed by atoms with E-state index in [1.54, 1.807) is 0 Å². The van der Waals surface area contributed by atoms with Gasteiger partial charge in [0.05, 0.1) is 6.61 Å². The van der Waals surface area contributed by atoms with Crippen LogP contribution >= 0.6 is 0 Å². The van der Waals surface area contributed by atoms with E-state index in [1.165, 1.54) is 0 Å². The molecule has 2 atom stereocenters. The largest absolute Gasteiger partial charge is 0.462 e. The van der Waals surface area contributed by atoms with Crippen LogP contribution < -0.4 is 0 Å². The first-order valence-electron chi connectivity index (χ1n) is 8.23. The van der Waals surface area contributed by atoms with Gasteiger partial charge in [-0.2, -0.15) is 52.7 Å². The van der Waals surface area contributed by atoms with Gasteiger partial charge in [-0.3, -0.25) is 0 Å². The molecule has 33 heavy (non-hydrogen) atoms. The third-order valence-electron chi connectivity index (χ3n) is 6.08. The van der Waals surface area contributed by atoms with Crippen molar-refractivity contribution in [2.24, 2.45) is 0 Å². The van der Waals surface area contributed by atoms with Gasteiger partial charge in [-0.15, -0.1) is 0 Å². The normalized spacial score (nSPS) is 44.5. The Bertz CT molecular complexity index is 774. The van der Waals surface area contributed by atoms with Gasteiger partial charge in [0.2, 0.25) is 0 Å². The minimum Gasteiger partial charge on any atom is -0.462 e. The number of halogens is 14. The van der Waals surface area contributed by atoms with Crippen molar-refractivity contribution < 1.29 is 85.9 Å². The van der Waals surface area contributed by atoms with Gasteiger partial charge in [0.25, 0.3) is 11.2 Å². The third-order valence-corrected chi connectivity index (χ3v) is 6.08. The first kappa shape index (κ1) is 26.0. The Labute approximate surface area is 171 Å². The maximum Gasteiger partial charge on any atom is 0.339 e. The van der Waals surface area contributed by atoms with Crippen molar-refractivity contribution in [1.82, 2.24) is 0 Å². The van der Waals surface area contributed by atoms with E-state index in [-0.39, 0.29) is 0 Å². The van der Waals surface area contributed by atoms with Crippen molar-refractivity contribution in [3.8, 4) is 0 Å². The second kappa shape index (κ2) is 5.95. The molecule has 19 heteroatoms. The van der Waals surface area contributed by atoms with Gasteiger partial charge < -0.3 is 19.7 Å². The van der Waals surface area contributed by atoms with Crippen LogP contribution in [0.1, 0.15) is 0 Å². The topological polar surface area (TPSA) is 76.0 Å². The molecular weight excluding hydrogens is 514 g/mol. The summed E-state index contributed by atoms with van der Waals surface area (Å²) in [5.41, 5.74) is -29.4. The van der Waals surface area contributed by atoms with Crippen LogP contribution in [0.2, 0.25) is 0 Å². The molecule has 0 aromatic heterocycles. The van der Waals surface area contributed by atoms with E-state index >= 15 is 0 Å². The zero-order chi connectivity index (χ0) is 26.1. The SMILES string of the molecule is O=C(CO)OCCOC12C(F)(F)C3(O)C(F)(F)C(F)(C(F)(F)C(F)(C3(F)F)C1(F)F)C2(F)F. The molecule has 4 bridgehead atoms. The lowest BCUT2D eigenvalue weighted by Crippen LogP contribution is -3.10. The summed E-state index contributed by atoms with van der Waals surface area (Å²) in [5.74, 6) is -47.5. The van der Waals surface area contributed by atoms with E-state index in [1.807, 2.05) is 0 Å². The summed E-state index contributed by atoms with van der Waals surface area (Å²) in [6.45, 7) is -5.53. The molecule has 0 spiro atoms. The lowest BCUT2D eigenvalue weighted by atomic mass is 9.39. The fraction of sp³-hybridized carbons (Fsp3) is 0.929. The van der Waals surface area contributed by atoms with E-state index in [4.69, 9.17) is 5.11 Å². The molecule has 4 saturated carbocycles. The van der Waals surface area contributed by atoms with Crippen LogP contribution in [0.25, 0.3) is 0 Å². The van der Waals surface area contributed by atoms with Gasteiger partial charge in [-0.05, 0) is 0 Å². The van der Waals surface area contributed by atoms with E-state index in [9.17, 15) is 71.4 Å². The molecule has 0 aromatic carbocycles. The molecule has 0 amide bonds. The van der Waals surface area contributed by atoms with Crippen molar-refractivity contribution in [2.45, 2.75) is 58.1 Å². The molecular formula is C14H8F14O5. The number of carbonyl (C=O) groups is 1. The predicted molar refractivity (Wildman–Crippen MR) is 69.0 cm³/mol. The average molecular weight is 522 g/mol. The molecule has 2 N–H and O–H groups in total. The predicted octanol–water partition coefficient (Wildman–Crippen LogP) is 2.28. The molecule has 4 fully saturated rings. The quantitative estimate of drug-likeness (QED) is 0.330. The fourth-order valence-corrected chi connectivity index (χ4v) is 4.51. The molecule has 0 aliphatic heterocycles. The van der Waals surface area contributed by atoms with Crippen LogP contribution in [0.15, 0.2) is 0 Å². The smallest absolute Gasteiger partial charge is 0.339 e. The summed E-state index contributed by atoms with van der Waals surface area (Å²) in [5, 5.41) is 17.8.